The molecule has 2 rings (SSSR count). The molecule has 1 atom stereocenters. The first-order chi connectivity index (χ1) is 10.2. The monoisotopic (exact) mass is 292 g/mol. The van der Waals surface area contributed by atoms with Crippen LogP contribution < -0.4 is 9.47 Å². The van der Waals surface area contributed by atoms with Gasteiger partial charge in [0.25, 0.3) is 0 Å². The summed E-state index contributed by atoms with van der Waals surface area (Å²) < 4.78 is 16.8. The second-order valence-corrected chi connectivity index (χ2v) is 4.85. The number of carbonyl (C=O) groups is 1. The Bertz CT molecular complexity index is 503. The van der Waals surface area contributed by atoms with Crippen LogP contribution in [-0.2, 0) is 9.53 Å². The molecule has 1 aliphatic heterocycles. The van der Waals surface area contributed by atoms with Crippen LogP contribution in [0.1, 0.15) is 24.8 Å². The van der Waals surface area contributed by atoms with Gasteiger partial charge in [-0.2, -0.15) is 0 Å². The van der Waals surface area contributed by atoms with Crippen molar-refractivity contribution in [1.82, 2.24) is 0 Å². The summed E-state index contributed by atoms with van der Waals surface area (Å²) >= 11 is 0. The van der Waals surface area contributed by atoms with E-state index in [-0.39, 0.29) is 6.10 Å². The molecule has 1 aromatic rings. The van der Waals surface area contributed by atoms with Crippen LogP contribution in [0.15, 0.2) is 24.3 Å². The Balaban J connectivity index is 2.12. The molecule has 5 nitrogen and oxygen atoms in total. The predicted molar refractivity (Wildman–Crippen MR) is 78.7 cm³/mol. The molecule has 21 heavy (non-hydrogen) atoms. The van der Waals surface area contributed by atoms with Gasteiger partial charge in [-0.25, -0.2) is 4.79 Å². The van der Waals surface area contributed by atoms with E-state index in [4.69, 9.17) is 19.3 Å². The normalized spacial score (nSPS) is 18.6. The van der Waals surface area contributed by atoms with E-state index < -0.39 is 5.97 Å². The number of carboxylic acid groups (broad SMARTS) is 1. The van der Waals surface area contributed by atoms with Crippen molar-refractivity contribution in [3.05, 3.63) is 29.8 Å². The van der Waals surface area contributed by atoms with Gasteiger partial charge in [-0.1, -0.05) is 12.1 Å². The zero-order chi connectivity index (χ0) is 15.1. The fourth-order valence-electron chi connectivity index (χ4n) is 2.26. The van der Waals surface area contributed by atoms with E-state index in [0.29, 0.717) is 23.7 Å². The Kier molecular flexibility index (Phi) is 5.63. The first kappa shape index (κ1) is 15.4. The molecule has 1 unspecified atom stereocenters. The lowest BCUT2D eigenvalue weighted by Gasteiger charge is -2.23. The zero-order valence-corrected chi connectivity index (χ0v) is 12.1. The van der Waals surface area contributed by atoms with E-state index >= 15 is 0 Å². The average Bonchev–Trinajstić information content (AvgIpc) is 2.52. The highest BCUT2D eigenvalue weighted by atomic mass is 16.5. The number of aliphatic carboxylic acids is 1. The van der Waals surface area contributed by atoms with Gasteiger partial charge >= 0.3 is 5.97 Å². The lowest BCUT2D eigenvalue weighted by molar-refractivity contribution is -0.131. The van der Waals surface area contributed by atoms with Crippen LogP contribution in [-0.4, -0.2) is 37.5 Å². The van der Waals surface area contributed by atoms with E-state index in [1.807, 2.05) is 0 Å². The fourth-order valence-corrected chi connectivity index (χ4v) is 2.26. The van der Waals surface area contributed by atoms with Crippen molar-refractivity contribution in [2.24, 2.45) is 0 Å². The van der Waals surface area contributed by atoms with Crippen LogP contribution in [0.4, 0.5) is 0 Å². The van der Waals surface area contributed by atoms with Gasteiger partial charge in [-0.3, -0.25) is 0 Å². The summed E-state index contributed by atoms with van der Waals surface area (Å²) in [6.45, 7) is 1.21. The lowest BCUT2D eigenvalue weighted by Crippen LogP contribution is -2.26. The Morgan fingerprint density at radius 3 is 3.00 bits per heavy atom. The molecule has 0 spiro atoms. The number of methoxy groups -OCH3 is 1. The maximum absolute atomic E-state index is 10.7. The highest BCUT2D eigenvalue weighted by molar-refractivity contribution is 5.86. The van der Waals surface area contributed by atoms with E-state index in [1.54, 1.807) is 25.3 Å². The molecule has 114 valence electrons. The summed E-state index contributed by atoms with van der Waals surface area (Å²) in [4.78, 5) is 10.7. The smallest absolute Gasteiger partial charge is 0.328 e. The number of ether oxygens (including phenoxy) is 3. The molecule has 1 saturated heterocycles. The largest absolute Gasteiger partial charge is 0.493 e. The quantitative estimate of drug-likeness (QED) is 0.817. The van der Waals surface area contributed by atoms with Crippen LogP contribution in [0.3, 0.4) is 0 Å². The molecule has 1 fully saturated rings. The van der Waals surface area contributed by atoms with Gasteiger partial charge < -0.3 is 19.3 Å². The number of hydrogen-bond donors (Lipinski definition) is 1. The number of benzene rings is 1. The minimum absolute atomic E-state index is 0.0833. The van der Waals surface area contributed by atoms with Crippen molar-refractivity contribution in [2.45, 2.75) is 25.4 Å². The van der Waals surface area contributed by atoms with E-state index in [0.717, 1.165) is 31.9 Å². The highest BCUT2D eigenvalue weighted by Crippen LogP contribution is 2.32. The van der Waals surface area contributed by atoms with Gasteiger partial charge in [0, 0.05) is 18.2 Å². The second-order valence-electron chi connectivity index (χ2n) is 4.85. The summed E-state index contributed by atoms with van der Waals surface area (Å²) in [6, 6.07) is 5.37. The third-order valence-electron chi connectivity index (χ3n) is 3.32. The molecule has 5 heteroatoms. The topological polar surface area (TPSA) is 65.0 Å². The van der Waals surface area contributed by atoms with E-state index in [1.165, 1.54) is 6.08 Å². The van der Waals surface area contributed by atoms with Crippen molar-refractivity contribution in [3.63, 3.8) is 0 Å². The Labute approximate surface area is 124 Å². The van der Waals surface area contributed by atoms with Crippen molar-refractivity contribution in [3.8, 4) is 11.5 Å². The number of para-hydroxylation sites is 1. The van der Waals surface area contributed by atoms with Crippen molar-refractivity contribution in [1.29, 1.82) is 0 Å². The summed E-state index contributed by atoms with van der Waals surface area (Å²) in [5.74, 6) is 0.129. The maximum atomic E-state index is 10.7. The zero-order valence-electron chi connectivity index (χ0n) is 12.1. The molecule has 0 aromatic heterocycles. The van der Waals surface area contributed by atoms with E-state index in [9.17, 15) is 4.79 Å². The molecule has 1 aromatic carbocycles. The van der Waals surface area contributed by atoms with Crippen molar-refractivity contribution in [2.75, 3.05) is 20.3 Å². The number of carboxylic acids is 1. The van der Waals surface area contributed by atoms with Gasteiger partial charge in [-0.05, 0) is 31.4 Å². The number of rotatable bonds is 6. The summed E-state index contributed by atoms with van der Waals surface area (Å²) in [7, 11) is 1.56. The highest BCUT2D eigenvalue weighted by Gasteiger charge is 2.16. The van der Waals surface area contributed by atoms with Crippen LogP contribution in [0.2, 0.25) is 0 Å². The molecule has 1 heterocycles. The summed E-state index contributed by atoms with van der Waals surface area (Å²) in [6.07, 6.45) is 5.89. The molecule has 0 radical (unpaired) electrons. The van der Waals surface area contributed by atoms with Gasteiger partial charge in [0.1, 0.15) is 6.61 Å². The molecule has 1 aliphatic rings. The van der Waals surface area contributed by atoms with Gasteiger partial charge in [0.15, 0.2) is 11.5 Å². The Hall–Kier alpha value is -2.01. The Morgan fingerprint density at radius 2 is 2.33 bits per heavy atom. The molecular weight excluding hydrogens is 272 g/mol. The first-order valence-electron chi connectivity index (χ1n) is 7.03. The minimum Gasteiger partial charge on any atom is -0.493 e. The van der Waals surface area contributed by atoms with Crippen LogP contribution >= 0.6 is 0 Å². The fraction of sp³-hybridized carbons (Fsp3) is 0.438. The molecular formula is C16H20O5. The standard InChI is InChI=1S/C16H20O5/c1-19-14-7-4-5-12(8-9-15(17)18)16(14)21-11-13-6-2-3-10-20-13/h4-5,7-9,13H,2-3,6,10-11H2,1H3,(H,17,18)/b9-8+. The van der Waals surface area contributed by atoms with Crippen LogP contribution in [0.25, 0.3) is 6.08 Å². The first-order valence-corrected chi connectivity index (χ1v) is 7.03. The van der Waals surface area contributed by atoms with E-state index in [2.05, 4.69) is 0 Å². The van der Waals surface area contributed by atoms with Crippen LogP contribution in [0, 0.1) is 0 Å². The minimum atomic E-state index is -1.00. The molecule has 0 aliphatic carbocycles. The third-order valence-corrected chi connectivity index (χ3v) is 3.32. The summed E-state index contributed by atoms with van der Waals surface area (Å²) in [5.41, 5.74) is 0.674. The van der Waals surface area contributed by atoms with Gasteiger partial charge in [-0.15, -0.1) is 0 Å². The molecule has 0 bridgehead atoms. The third kappa shape index (κ3) is 4.49. The molecule has 0 amide bonds. The lowest BCUT2D eigenvalue weighted by atomic mass is 10.1. The van der Waals surface area contributed by atoms with Crippen LogP contribution in [0.5, 0.6) is 11.5 Å². The maximum Gasteiger partial charge on any atom is 0.328 e. The Morgan fingerprint density at radius 1 is 1.48 bits per heavy atom. The summed E-state index contributed by atoms with van der Waals surface area (Å²) in [5, 5.41) is 8.75. The average molecular weight is 292 g/mol. The predicted octanol–water partition coefficient (Wildman–Crippen LogP) is 2.74. The van der Waals surface area contributed by atoms with Gasteiger partial charge in [0.2, 0.25) is 0 Å². The molecule has 0 saturated carbocycles. The SMILES string of the molecule is COc1cccc(/C=C/C(=O)O)c1OCC1CCCCO1. The second kappa shape index (κ2) is 7.69. The van der Waals surface area contributed by atoms with Crippen molar-refractivity contribution < 1.29 is 24.1 Å². The molecule has 1 N–H and O–H groups in total. The number of hydrogen-bond acceptors (Lipinski definition) is 4. The van der Waals surface area contributed by atoms with Crippen molar-refractivity contribution >= 4 is 12.0 Å². The van der Waals surface area contributed by atoms with Gasteiger partial charge in [0.05, 0.1) is 13.2 Å².